The first kappa shape index (κ1) is 17.5. The van der Waals surface area contributed by atoms with Crippen LogP contribution in [0.3, 0.4) is 0 Å². The Morgan fingerprint density at radius 2 is 1.55 bits per heavy atom. The molecule has 0 spiro atoms. The van der Waals surface area contributed by atoms with Gasteiger partial charge in [0.05, 0.1) is 5.39 Å². The first-order chi connectivity index (χ1) is 14.3. The van der Waals surface area contributed by atoms with Crippen LogP contribution in [0.1, 0.15) is 5.82 Å². The molecule has 0 saturated heterocycles. The Kier molecular flexibility index (Phi) is 4.50. The van der Waals surface area contributed by atoms with E-state index in [0.29, 0.717) is 17.8 Å². The molecule has 5 rings (SSSR count). The van der Waals surface area contributed by atoms with Gasteiger partial charge in [0.25, 0.3) is 5.56 Å². The van der Waals surface area contributed by atoms with Crippen molar-refractivity contribution in [1.29, 1.82) is 0 Å². The minimum absolute atomic E-state index is 0.0927. The molecule has 5 heteroatoms. The summed E-state index contributed by atoms with van der Waals surface area (Å²) in [5, 5.41) is 2.67. The molecule has 0 bridgehead atoms. The summed E-state index contributed by atoms with van der Waals surface area (Å²) < 4.78 is 2.04. The summed E-state index contributed by atoms with van der Waals surface area (Å²) in [6.07, 6.45) is 4.06. The highest BCUT2D eigenvalue weighted by molar-refractivity contribution is 7.17. The third-order valence-electron chi connectivity index (χ3n) is 4.88. The number of aromatic nitrogens is 3. The highest BCUT2D eigenvalue weighted by atomic mass is 32.1. The van der Waals surface area contributed by atoms with Crippen molar-refractivity contribution < 1.29 is 4.57 Å². The van der Waals surface area contributed by atoms with Gasteiger partial charge in [0.15, 0.2) is 18.2 Å². The second-order valence-electron chi connectivity index (χ2n) is 6.84. The standard InChI is InChI=1S/C24H17N3OS/c28-23-22-20(18-10-5-2-6-11-18)16-29-24(22)26-21(25-23)15-27-13-7-12-19(14-27)17-8-3-1-4-9-17/h1-14,16H,15H2/p+1. The van der Waals surface area contributed by atoms with Crippen molar-refractivity contribution in [3.05, 3.63) is 107 Å². The highest BCUT2D eigenvalue weighted by Crippen LogP contribution is 2.30. The van der Waals surface area contributed by atoms with Crippen LogP contribution in [-0.4, -0.2) is 9.97 Å². The number of H-pyrrole nitrogens is 1. The van der Waals surface area contributed by atoms with Crippen molar-refractivity contribution in [3.8, 4) is 22.3 Å². The molecule has 3 heterocycles. The largest absolute Gasteiger partial charge is 0.305 e. The molecular weight excluding hydrogens is 378 g/mol. The molecule has 29 heavy (non-hydrogen) atoms. The average Bonchev–Trinajstić information content (AvgIpc) is 3.20. The summed E-state index contributed by atoms with van der Waals surface area (Å²) in [5.74, 6) is 0.652. The summed E-state index contributed by atoms with van der Waals surface area (Å²) in [4.78, 5) is 21.3. The van der Waals surface area contributed by atoms with Gasteiger partial charge in [-0.25, -0.2) is 4.98 Å². The van der Waals surface area contributed by atoms with E-state index in [9.17, 15) is 4.79 Å². The van der Waals surface area contributed by atoms with Crippen molar-refractivity contribution in [1.82, 2.24) is 9.97 Å². The van der Waals surface area contributed by atoms with Gasteiger partial charge in [0.2, 0.25) is 6.54 Å². The average molecular weight is 396 g/mol. The van der Waals surface area contributed by atoms with Crippen LogP contribution >= 0.6 is 11.3 Å². The molecule has 0 unspecified atom stereocenters. The third-order valence-corrected chi connectivity index (χ3v) is 5.75. The van der Waals surface area contributed by atoms with Gasteiger partial charge in [-0.3, -0.25) is 4.79 Å². The lowest BCUT2D eigenvalue weighted by Crippen LogP contribution is -2.35. The van der Waals surface area contributed by atoms with Crippen LogP contribution < -0.4 is 10.1 Å². The van der Waals surface area contributed by atoms with Gasteiger partial charge in [-0.2, -0.15) is 4.57 Å². The van der Waals surface area contributed by atoms with Crippen molar-refractivity contribution in [2.45, 2.75) is 6.54 Å². The normalized spacial score (nSPS) is 11.0. The fourth-order valence-corrected chi connectivity index (χ4v) is 4.46. The predicted molar refractivity (Wildman–Crippen MR) is 117 cm³/mol. The van der Waals surface area contributed by atoms with Crippen LogP contribution in [0.4, 0.5) is 0 Å². The molecule has 0 aliphatic heterocycles. The Morgan fingerprint density at radius 3 is 2.31 bits per heavy atom. The number of rotatable bonds is 4. The zero-order valence-electron chi connectivity index (χ0n) is 15.6. The number of aromatic amines is 1. The molecule has 5 aromatic rings. The van der Waals surface area contributed by atoms with Crippen molar-refractivity contribution in [3.63, 3.8) is 0 Å². The third kappa shape index (κ3) is 3.48. The summed E-state index contributed by atoms with van der Waals surface area (Å²) in [6.45, 7) is 0.504. The topological polar surface area (TPSA) is 49.6 Å². The Labute approximate surface area is 171 Å². The lowest BCUT2D eigenvalue weighted by molar-refractivity contribution is -0.688. The van der Waals surface area contributed by atoms with Gasteiger partial charge in [-0.1, -0.05) is 60.7 Å². The highest BCUT2D eigenvalue weighted by Gasteiger charge is 2.15. The van der Waals surface area contributed by atoms with Crippen LogP contribution in [0.2, 0.25) is 0 Å². The van der Waals surface area contributed by atoms with Crippen LogP contribution in [-0.2, 0) is 6.54 Å². The maximum absolute atomic E-state index is 12.8. The predicted octanol–water partition coefficient (Wildman–Crippen LogP) is 4.65. The molecule has 2 aromatic carbocycles. The second-order valence-corrected chi connectivity index (χ2v) is 7.70. The molecular formula is C24H18N3OS+. The Balaban J connectivity index is 1.50. The van der Waals surface area contributed by atoms with Gasteiger partial charge in [-0.05, 0) is 17.2 Å². The van der Waals surface area contributed by atoms with Crippen LogP contribution in [0.5, 0.6) is 0 Å². The molecule has 0 atom stereocenters. The molecule has 0 saturated carbocycles. The maximum Gasteiger partial charge on any atom is 0.260 e. The number of nitrogens with zero attached hydrogens (tertiary/aromatic N) is 2. The van der Waals surface area contributed by atoms with E-state index in [2.05, 4.69) is 29.4 Å². The number of pyridine rings is 1. The Morgan fingerprint density at radius 1 is 0.862 bits per heavy atom. The zero-order chi connectivity index (χ0) is 19.6. The fraction of sp³-hybridized carbons (Fsp3) is 0.0417. The monoisotopic (exact) mass is 396 g/mol. The summed E-state index contributed by atoms with van der Waals surface area (Å²) in [6, 6.07) is 24.3. The number of thiophene rings is 1. The van der Waals surface area contributed by atoms with E-state index in [1.807, 2.05) is 70.7 Å². The Bertz CT molecular complexity index is 1340. The van der Waals surface area contributed by atoms with Crippen molar-refractivity contribution >= 4 is 21.6 Å². The minimum atomic E-state index is -0.0927. The molecule has 3 aromatic heterocycles. The van der Waals surface area contributed by atoms with E-state index < -0.39 is 0 Å². The molecule has 0 amide bonds. The molecule has 140 valence electrons. The number of fused-ring (bicyclic) bond motifs is 1. The molecule has 0 radical (unpaired) electrons. The number of benzene rings is 2. The first-order valence-corrected chi connectivity index (χ1v) is 10.3. The zero-order valence-corrected chi connectivity index (χ0v) is 16.4. The summed E-state index contributed by atoms with van der Waals surface area (Å²) >= 11 is 1.51. The molecule has 0 aliphatic rings. The van der Waals surface area contributed by atoms with E-state index >= 15 is 0 Å². The van der Waals surface area contributed by atoms with Crippen LogP contribution in [0, 0.1) is 0 Å². The second kappa shape index (κ2) is 7.45. The number of hydrogen-bond acceptors (Lipinski definition) is 3. The van der Waals surface area contributed by atoms with Crippen LogP contribution in [0.25, 0.3) is 32.5 Å². The minimum Gasteiger partial charge on any atom is -0.305 e. The summed E-state index contributed by atoms with van der Waals surface area (Å²) in [5.41, 5.74) is 4.15. The lowest BCUT2D eigenvalue weighted by Gasteiger charge is -2.02. The molecule has 4 nitrogen and oxygen atoms in total. The van der Waals surface area contributed by atoms with Crippen molar-refractivity contribution in [2.75, 3.05) is 0 Å². The van der Waals surface area contributed by atoms with Crippen molar-refractivity contribution in [2.24, 2.45) is 0 Å². The maximum atomic E-state index is 12.8. The fourth-order valence-electron chi connectivity index (χ4n) is 3.49. The van der Waals surface area contributed by atoms with Gasteiger partial charge in [-0.15, -0.1) is 11.3 Å². The van der Waals surface area contributed by atoms with Gasteiger partial charge >= 0.3 is 0 Å². The quantitative estimate of drug-likeness (QED) is 0.450. The SMILES string of the molecule is O=c1[nH]c(C[n+]2cccc(-c3ccccc3)c2)nc2scc(-c3ccccc3)c12. The van der Waals surface area contributed by atoms with Gasteiger partial charge < -0.3 is 4.98 Å². The van der Waals surface area contributed by atoms with E-state index in [1.54, 1.807) is 0 Å². The van der Waals surface area contributed by atoms with E-state index in [0.717, 1.165) is 27.1 Å². The molecule has 0 fully saturated rings. The lowest BCUT2D eigenvalue weighted by atomic mass is 10.1. The first-order valence-electron chi connectivity index (χ1n) is 9.38. The number of hydrogen-bond donors (Lipinski definition) is 1. The smallest absolute Gasteiger partial charge is 0.260 e. The number of nitrogens with one attached hydrogen (secondary N) is 1. The van der Waals surface area contributed by atoms with Crippen LogP contribution in [0.15, 0.2) is 95.4 Å². The van der Waals surface area contributed by atoms with E-state index in [-0.39, 0.29) is 5.56 Å². The van der Waals surface area contributed by atoms with E-state index in [4.69, 9.17) is 4.98 Å². The molecule has 0 aliphatic carbocycles. The van der Waals surface area contributed by atoms with E-state index in [1.165, 1.54) is 11.3 Å². The summed E-state index contributed by atoms with van der Waals surface area (Å²) in [7, 11) is 0. The molecule has 1 N–H and O–H groups in total. The van der Waals surface area contributed by atoms with Gasteiger partial charge in [0, 0.05) is 22.6 Å². The van der Waals surface area contributed by atoms with Gasteiger partial charge in [0.1, 0.15) is 4.83 Å². The Hall–Kier alpha value is -3.57.